The van der Waals surface area contributed by atoms with E-state index in [0.717, 1.165) is 16.7 Å². The summed E-state index contributed by atoms with van der Waals surface area (Å²) in [6.45, 7) is 2.45. The lowest BCUT2D eigenvalue weighted by Crippen LogP contribution is -2.28. The molecule has 0 aliphatic carbocycles. The molecule has 0 bridgehead atoms. The molecule has 19 heavy (non-hydrogen) atoms. The third-order valence-electron chi connectivity index (χ3n) is 2.89. The van der Waals surface area contributed by atoms with Crippen LogP contribution in [0.15, 0.2) is 48.8 Å². The highest BCUT2D eigenvalue weighted by molar-refractivity contribution is 5.75. The van der Waals surface area contributed by atoms with Gasteiger partial charge in [0.25, 0.3) is 0 Å². The van der Waals surface area contributed by atoms with Crippen LogP contribution in [0.2, 0.25) is 0 Å². The number of carboxylic acids is 1. The molecule has 0 spiro atoms. The average Bonchev–Trinajstić information content (AvgIpc) is 2.42. The second-order valence-corrected chi connectivity index (χ2v) is 4.42. The Morgan fingerprint density at radius 3 is 2.63 bits per heavy atom. The molecule has 2 N–H and O–H groups in total. The Balaban J connectivity index is 2.09. The van der Waals surface area contributed by atoms with Crippen molar-refractivity contribution in [3.05, 3.63) is 65.5 Å². The summed E-state index contributed by atoms with van der Waals surface area (Å²) in [7, 11) is 0. The number of pyridine rings is 1. The highest BCUT2D eigenvalue weighted by Gasteiger charge is 2.18. The zero-order valence-corrected chi connectivity index (χ0v) is 10.7. The van der Waals surface area contributed by atoms with Crippen molar-refractivity contribution in [2.45, 2.75) is 19.5 Å². The van der Waals surface area contributed by atoms with Crippen LogP contribution >= 0.6 is 0 Å². The molecule has 2 rings (SSSR count). The van der Waals surface area contributed by atoms with E-state index in [2.05, 4.69) is 10.3 Å². The summed E-state index contributed by atoms with van der Waals surface area (Å²) in [4.78, 5) is 15.3. The third-order valence-corrected chi connectivity index (χ3v) is 2.89. The van der Waals surface area contributed by atoms with E-state index in [1.807, 2.05) is 43.3 Å². The van der Waals surface area contributed by atoms with Gasteiger partial charge in [0.2, 0.25) is 0 Å². The van der Waals surface area contributed by atoms with Crippen LogP contribution in [-0.2, 0) is 11.3 Å². The van der Waals surface area contributed by atoms with Crippen LogP contribution in [0.25, 0.3) is 0 Å². The number of aryl methyl sites for hydroxylation is 1. The van der Waals surface area contributed by atoms with Gasteiger partial charge in [0, 0.05) is 18.9 Å². The molecule has 0 aliphatic heterocycles. The highest BCUT2D eigenvalue weighted by Crippen LogP contribution is 2.15. The Morgan fingerprint density at radius 1 is 1.32 bits per heavy atom. The van der Waals surface area contributed by atoms with E-state index < -0.39 is 12.0 Å². The van der Waals surface area contributed by atoms with Gasteiger partial charge in [-0.3, -0.25) is 15.1 Å². The van der Waals surface area contributed by atoms with Crippen molar-refractivity contribution in [2.75, 3.05) is 0 Å². The van der Waals surface area contributed by atoms with Gasteiger partial charge in [-0.05, 0) is 24.1 Å². The van der Waals surface area contributed by atoms with E-state index in [4.69, 9.17) is 0 Å². The second kappa shape index (κ2) is 6.11. The van der Waals surface area contributed by atoms with E-state index >= 15 is 0 Å². The largest absolute Gasteiger partial charge is 0.480 e. The maximum atomic E-state index is 11.3. The van der Waals surface area contributed by atoms with Gasteiger partial charge in [-0.15, -0.1) is 0 Å². The standard InChI is InChI=1S/C15H16N2O2/c1-11-4-6-13(7-5-11)14(15(18)19)17-10-12-3-2-8-16-9-12/h2-9,14,17H,10H2,1H3,(H,18,19). The Morgan fingerprint density at radius 2 is 2.05 bits per heavy atom. The molecule has 0 radical (unpaired) electrons. The van der Waals surface area contributed by atoms with Gasteiger partial charge < -0.3 is 5.11 Å². The van der Waals surface area contributed by atoms with Crippen molar-refractivity contribution in [1.29, 1.82) is 0 Å². The number of benzene rings is 1. The van der Waals surface area contributed by atoms with Gasteiger partial charge in [0.15, 0.2) is 0 Å². The first-order valence-corrected chi connectivity index (χ1v) is 6.08. The van der Waals surface area contributed by atoms with E-state index in [9.17, 15) is 9.90 Å². The van der Waals surface area contributed by atoms with E-state index in [-0.39, 0.29) is 0 Å². The van der Waals surface area contributed by atoms with Gasteiger partial charge in [-0.2, -0.15) is 0 Å². The lowest BCUT2D eigenvalue weighted by molar-refractivity contribution is -0.139. The summed E-state index contributed by atoms with van der Waals surface area (Å²) in [6, 6.07) is 10.5. The van der Waals surface area contributed by atoms with Crippen LogP contribution in [0.1, 0.15) is 22.7 Å². The van der Waals surface area contributed by atoms with Crippen molar-refractivity contribution in [2.24, 2.45) is 0 Å². The van der Waals surface area contributed by atoms with Crippen molar-refractivity contribution in [3.63, 3.8) is 0 Å². The molecular formula is C15H16N2O2. The second-order valence-electron chi connectivity index (χ2n) is 4.42. The van der Waals surface area contributed by atoms with E-state index in [1.165, 1.54) is 0 Å². The number of hydrogen-bond acceptors (Lipinski definition) is 3. The van der Waals surface area contributed by atoms with E-state index in [0.29, 0.717) is 6.54 Å². The molecule has 0 fully saturated rings. The first-order chi connectivity index (χ1) is 9.16. The van der Waals surface area contributed by atoms with Crippen molar-refractivity contribution < 1.29 is 9.90 Å². The molecule has 1 unspecified atom stereocenters. The number of nitrogens with one attached hydrogen (secondary N) is 1. The summed E-state index contributed by atoms with van der Waals surface area (Å²) in [5.41, 5.74) is 2.82. The summed E-state index contributed by atoms with van der Waals surface area (Å²) in [6.07, 6.45) is 3.42. The molecule has 2 aromatic rings. The topological polar surface area (TPSA) is 62.2 Å². The summed E-state index contributed by atoms with van der Waals surface area (Å²) in [5.74, 6) is -0.882. The maximum absolute atomic E-state index is 11.3. The summed E-state index contributed by atoms with van der Waals surface area (Å²) in [5, 5.41) is 12.3. The predicted molar refractivity (Wildman–Crippen MR) is 72.6 cm³/mol. The van der Waals surface area contributed by atoms with Gasteiger partial charge >= 0.3 is 5.97 Å². The van der Waals surface area contributed by atoms with Gasteiger partial charge in [-0.25, -0.2) is 0 Å². The zero-order valence-electron chi connectivity index (χ0n) is 10.7. The first-order valence-electron chi connectivity index (χ1n) is 6.08. The molecule has 1 aromatic carbocycles. The van der Waals surface area contributed by atoms with Gasteiger partial charge in [0.1, 0.15) is 6.04 Å². The fourth-order valence-electron chi connectivity index (χ4n) is 1.83. The van der Waals surface area contributed by atoms with E-state index in [1.54, 1.807) is 12.4 Å². The molecular weight excluding hydrogens is 240 g/mol. The molecule has 4 heteroatoms. The van der Waals surface area contributed by atoms with Crippen molar-refractivity contribution in [3.8, 4) is 0 Å². The monoisotopic (exact) mass is 256 g/mol. The number of hydrogen-bond donors (Lipinski definition) is 2. The molecule has 1 aromatic heterocycles. The molecule has 4 nitrogen and oxygen atoms in total. The van der Waals surface area contributed by atoms with Gasteiger partial charge in [-0.1, -0.05) is 35.9 Å². The molecule has 0 aliphatic rings. The van der Waals surface area contributed by atoms with Crippen molar-refractivity contribution >= 4 is 5.97 Å². The molecule has 0 saturated carbocycles. The molecule has 0 saturated heterocycles. The Kier molecular flexibility index (Phi) is 4.26. The lowest BCUT2D eigenvalue weighted by Gasteiger charge is -2.15. The number of aromatic nitrogens is 1. The number of carboxylic acid groups (broad SMARTS) is 1. The van der Waals surface area contributed by atoms with Crippen LogP contribution in [0, 0.1) is 6.92 Å². The minimum atomic E-state index is -0.882. The minimum Gasteiger partial charge on any atom is -0.480 e. The Hall–Kier alpha value is -2.20. The molecule has 98 valence electrons. The summed E-state index contributed by atoms with van der Waals surface area (Å²) < 4.78 is 0. The molecule has 1 atom stereocenters. The fraction of sp³-hybridized carbons (Fsp3) is 0.200. The SMILES string of the molecule is Cc1ccc(C(NCc2cccnc2)C(=O)O)cc1. The van der Waals surface area contributed by atoms with Crippen LogP contribution in [0.4, 0.5) is 0 Å². The van der Waals surface area contributed by atoms with Gasteiger partial charge in [0.05, 0.1) is 0 Å². The quantitative estimate of drug-likeness (QED) is 0.861. The fourth-order valence-corrected chi connectivity index (χ4v) is 1.83. The number of nitrogens with zero attached hydrogens (tertiary/aromatic N) is 1. The minimum absolute atomic E-state index is 0.471. The van der Waals surface area contributed by atoms with Crippen LogP contribution < -0.4 is 5.32 Å². The predicted octanol–water partition coefficient (Wildman–Crippen LogP) is 2.31. The molecule has 1 heterocycles. The molecule has 0 amide bonds. The number of rotatable bonds is 5. The van der Waals surface area contributed by atoms with Crippen LogP contribution in [0.3, 0.4) is 0 Å². The Bertz CT molecular complexity index is 538. The lowest BCUT2D eigenvalue weighted by atomic mass is 10.1. The third kappa shape index (κ3) is 3.63. The highest BCUT2D eigenvalue weighted by atomic mass is 16.4. The normalized spacial score (nSPS) is 12.1. The van der Waals surface area contributed by atoms with Crippen LogP contribution in [-0.4, -0.2) is 16.1 Å². The van der Waals surface area contributed by atoms with Crippen molar-refractivity contribution in [1.82, 2.24) is 10.3 Å². The summed E-state index contributed by atoms with van der Waals surface area (Å²) >= 11 is 0. The zero-order chi connectivity index (χ0) is 13.7. The van der Waals surface area contributed by atoms with Crippen LogP contribution in [0.5, 0.6) is 0 Å². The Labute approximate surface area is 112 Å². The number of carbonyl (C=O) groups is 1. The maximum Gasteiger partial charge on any atom is 0.325 e. The smallest absolute Gasteiger partial charge is 0.325 e. The number of aliphatic carboxylic acids is 1. The average molecular weight is 256 g/mol. The first kappa shape index (κ1) is 13.2.